The van der Waals surface area contributed by atoms with Gasteiger partial charge in [-0.3, -0.25) is 9.89 Å². The van der Waals surface area contributed by atoms with Gasteiger partial charge in [-0.2, -0.15) is 0 Å². The van der Waals surface area contributed by atoms with Crippen LogP contribution in [-0.2, 0) is 0 Å². The minimum Gasteiger partial charge on any atom is -0.295 e. The molecule has 1 aliphatic rings. The molecular weight excluding hydrogens is 188 g/mol. The smallest absolute Gasteiger partial charge is 0.271 e. The highest BCUT2D eigenvalue weighted by Crippen LogP contribution is 2.38. The van der Waals surface area contributed by atoms with Crippen LogP contribution >= 0.6 is 0 Å². The maximum atomic E-state index is 11.7. The number of aromatic nitrogens is 2. The number of para-hydroxylation sites is 1. The Bertz CT molecular complexity index is 520. The Morgan fingerprint density at radius 2 is 1.93 bits per heavy atom. The summed E-state index contributed by atoms with van der Waals surface area (Å²) in [6.45, 7) is 0. The number of nitrogens with one attached hydrogen (secondary N) is 1. The van der Waals surface area contributed by atoms with Gasteiger partial charge in [-0.25, -0.2) is 4.68 Å². The Labute approximate surface area is 87.3 Å². The van der Waals surface area contributed by atoms with E-state index >= 15 is 0 Å². The molecule has 76 valence electrons. The molecule has 1 N–H and O–H groups in total. The molecule has 3 heteroatoms. The summed E-state index contributed by atoms with van der Waals surface area (Å²) in [6.07, 6.45) is 2.41. The van der Waals surface area contributed by atoms with Gasteiger partial charge < -0.3 is 0 Å². The van der Waals surface area contributed by atoms with Crippen molar-refractivity contribution in [3.63, 3.8) is 0 Å². The Morgan fingerprint density at radius 3 is 2.60 bits per heavy atom. The minimum absolute atomic E-state index is 0.0306. The second-order valence-corrected chi connectivity index (χ2v) is 3.99. The Kier molecular flexibility index (Phi) is 1.78. The SMILES string of the molecule is O=c1cc(C2CC2)[nH]n1-c1ccccc1. The normalized spacial score (nSPS) is 15.5. The lowest BCUT2D eigenvalue weighted by Crippen LogP contribution is -2.12. The van der Waals surface area contributed by atoms with Crippen molar-refractivity contribution in [1.29, 1.82) is 0 Å². The van der Waals surface area contributed by atoms with E-state index in [2.05, 4.69) is 5.10 Å². The topological polar surface area (TPSA) is 37.8 Å². The maximum Gasteiger partial charge on any atom is 0.271 e. The molecule has 1 aliphatic carbocycles. The van der Waals surface area contributed by atoms with Gasteiger partial charge in [0.25, 0.3) is 5.56 Å². The van der Waals surface area contributed by atoms with Crippen LogP contribution in [0.2, 0.25) is 0 Å². The summed E-state index contributed by atoms with van der Waals surface area (Å²) >= 11 is 0. The van der Waals surface area contributed by atoms with E-state index in [4.69, 9.17) is 0 Å². The van der Waals surface area contributed by atoms with Crippen LogP contribution in [0.4, 0.5) is 0 Å². The number of hydrogen-bond acceptors (Lipinski definition) is 1. The van der Waals surface area contributed by atoms with Gasteiger partial charge in [-0.15, -0.1) is 0 Å². The lowest BCUT2D eigenvalue weighted by molar-refractivity contribution is 0.816. The van der Waals surface area contributed by atoms with Crippen molar-refractivity contribution < 1.29 is 0 Å². The number of rotatable bonds is 2. The van der Waals surface area contributed by atoms with Gasteiger partial charge in [0.1, 0.15) is 0 Å². The molecular formula is C12H12N2O. The summed E-state index contributed by atoms with van der Waals surface area (Å²) in [4.78, 5) is 11.7. The summed E-state index contributed by atoms with van der Waals surface area (Å²) in [7, 11) is 0. The number of benzene rings is 1. The summed E-state index contributed by atoms with van der Waals surface area (Å²) in [5.41, 5.74) is 2.00. The summed E-state index contributed by atoms with van der Waals surface area (Å²) in [6, 6.07) is 11.4. The van der Waals surface area contributed by atoms with Crippen molar-refractivity contribution in [2.45, 2.75) is 18.8 Å². The van der Waals surface area contributed by atoms with Gasteiger partial charge in [-0.1, -0.05) is 18.2 Å². The molecule has 1 aromatic heterocycles. The fourth-order valence-corrected chi connectivity index (χ4v) is 1.79. The molecule has 3 nitrogen and oxygen atoms in total. The van der Waals surface area contributed by atoms with Gasteiger partial charge in [0, 0.05) is 17.7 Å². The second kappa shape index (κ2) is 3.12. The third-order valence-electron chi connectivity index (χ3n) is 2.77. The molecule has 0 radical (unpaired) electrons. The largest absolute Gasteiger partial charge is 0.295 e. The first-order valence-corrected chi connectivity index (χ1v) is 5.22. The third kappa shape index (κ3) is 1.50. The molecule has 0 unspecified atom stereocenters. The van der Waals surface area contributed by atoms with E-state index in [0.29, 0.717) is 5.92 Å². The monoisotopic (exact) mass is 200 g/mol. The van der Waals surface area contributed by atoms with E-state index in [9.17, 15) is 4.79 Å². The van der Waals surface area contributed by atoms with Gasteiger partial charge in [0.05, 0.1) is 5.69 Å². The molecule has 1 saturated carbocycles. The van der Waals surface area contributed by atoms with Crippen molar-refractivity contribution in [3.8, 4) is 5.69 Å². The molecule has 15 heavy (non-hydrogen) atoms. The lowest BCUT2D eigenvalue weighted by Gasteiger charge is -2.00. The second-order valence-electron chi connectivity index (χ2n) is 3.99. The first-order valence-electron chi connectivity index (χ1n) is 5.22. The molecule has 2 aromatic rings. The molecule has 0 spiro atoms. The van der Waals surface area contributed by atoms with Crippen LogP contribution in [0.25, 0.3) is 5.69 Å². The molecule has 0 saturated heterocycles. The van der Waals surface area contributed by atoms with Gasteiger partial charge >= 0.3 is 0 Å². The van der Waals surface area contributed by atoms with E-state index in [1.54, 1.807) is 10.7 Å². The molecule has 0 aliphatic heterocycles. The molecule has 0 amide bonds. The highest BCUT2D eigenvalue weighted by Gasteiger charge is 2.26. The van der Waals surface area contributed by atoms with Crippen molar-refractivity contribution in [2.75, 3.05) is 0 Å². The van der Waals surface area contributed by atoms with Crippen LogP contribution < -0.4 is 5.56 Å². The lowest BCUT2D eigenvalue weighted by atomic mass is 10.3. The highest BCUT2D eigenvalue weighted by molar-refractivity contribution is 5.31. The number of H-pyrrole nitrogens is 1. The average Bonchev–Trinajstić information content (AvgIpc) is 3.04. The number of hydrogen-bond donors (Lipinski definition) is 1. The minimum atomic E-state index is 0.0306. The van der Waals surface area contributed by atoms with Crippen LogP contribution in [0.1, 0.15) is 24.5 Å². The first-order chi connectivity index (χ1) is 7.34. The zero-order chi connectivity index (χ0) is 10.3. The first kappa shape index (κ1) is 8.53. The quantitative estimate of drug-likeness (QED) is 0.791. The average molecular weight is 200 g/mol. The van der Waals surface area contributed by atoms with E-state index in [1.807, 2.05) is 30.3 Å². The summed E-state index contributed by atoms with van der Waals surface area (Å²) in [5, 5.41) is 3.16. The van der Waals surface area contributed by atoms with Crippen LogP contribution in [0, 0.1) is 0 Å². The van der Waals surface area contributed by atoms with E-state index < -0.39 is 0 Å². The van der Waals surface area contributed by atoms with Crippen molar-refractivity contribution in [1.82, 2.24) is 9.78 Å². The van der Waals surface area contributed by atoms with Gasteiger partial charge in [0.2, 0.25) is 0 Å². The van der Waals surface area contributed by atoms with Crippen molar-refractivity contribution in [2.24, 2.45) is 0 Å². The number of nitrogens with zero attached hydrogens (tertiary/aromatic N) is 1. The fourth-order valence-electron chi connectivity index (χ4n) is 1.79. The summed E-state index contributed by atoms with van der Waals surface area (Å²) in [5.74, 6) is 0.586. The zero-order valence-electron chi connectivity index (χ0n) is 8.31. The predicted octanol–water partition coefficient (Wildman–Crippen LogP) is 2.04. The van der Waals surface area contributed by atoms with E-state index in [0.717, 1.165) is 11.4 Å². The van der Waals surface area contributed by atoms with Crippen molar-refractivity contribution in [3.05, 3.63) is 52.4 Å². The summed E-state index contributed by atoms with van der Waals surface area (Å²) < 4.78 is 1.60. The molecule has 0 atom stereocenters. The number of aromatic amines is 1. The Balaban J connectivity index is 2.08. The van der Waals surface area contributed by atoms with Crippen LogP contribution in [-0.4, -0.2) is 9.78 Å². The van der Waals surface area contributed by atoms with E-state index in [1.165, 1.54) is 12.8 Å². The van der Waals surface area contributed by atoms with E-state index in [-0.39, 0.29) is 5.56 Å². The molecule has 3 rings (SSSR count). The molecule has 1 heterocycles. The molecule has 0 bridgehead atoms. The molecule has 1 fully saturated rings. The third-order valence-corrected chi connectivity index (χ3v) is 2.77. The predicted molar refractivity (Wildman–Crippen MR) is 58.4 cm³/mol. The maximum absolute atomic E-state index is 11.7. The Hall–Kier alpha value is -1.77. The van der Waals surface area contributed by atoms with Crippen LogP contribution in [0.5, 0.6) is 0 Å². The van der Waals surface area contributed by atoms with Crippen LogP contribution in [0.15, 0.2) is 41.2 Å². The highest BCUT2D eigenvalue weighted by atomic mass is 16.1. The fraction of sp³-hybridized carbons (Fsp3) is 0.250. The van der Waals surface area contributed by atoms with Gasteiger partial charge in [-0.05, 0) is 25.0 Å². The van der Waals surface area contributed by atoms with Crippen molar-refractivity contribution >= 4 is 0 Å². The standard InChI is InChI=1S/C12H12N2O/c15-12-8-11(9-6-7-9)13-14(12)10-4-2-1-3-5-10/h1-5,8-9,13H,6-7H2. The zero-order valence-corrected chi connectivity index (χ0v) is 8.31. The van der Waals surface area contributed by atoms with Gasteiger partial charge in [0.15, 0.2) is 0 Å². The molecule has 1 aromatic carbocycles. The van der Waals surface area contributed by atoms with Crippen LogP contribution in [0.3, 0.4) is 0 Å². The Morgan fingerprint density at radius 1 is 1.20 bits per heavy atom.